The average Bonchev–Trinajstić information content (AvgIpc) is 3.38. The number of halogens is 1. The summed E-state index contributed by atoms with van der Waals surface area (Å²) >= 11 is 6.15. The van der Waals surface area contributed by atoms with E-state index in [1.807, 2.05) is 61.2 Å². The van der Waals surface area contributed by atoms with E-state index in [-0.39, 0.29) is 11.8 Å². The van der Waals surface area contributed by atoms with Gasteiger partial charge in [0.2, 0.25) is 5.91 Å². The molecule has 1 aromatic heterocycles. The summed E-state index contributed by atoms with van der Waals surface area (Å²) in [7, 11) is 0. The number of anilines is 1. The van der Waals surface area contributed by atoms with Crippen LogP contribution in [0, 0.1) is 25.7 Å². The van der Waals surface area contributed by atoms with Crippen LogP contribution in [0.2, 0.25) is 5.02 Å². The second-order valence-electron chi connectivity index (χ2n) is 9.57. The van der Waals surface area contributed by atoms with Gasteiger partial charge in [0.1, 0.15) is 0 Å². The monoisotopic (exact) mass is 476 g/mol. The van der Waals surface area contributed by atoms with Gasteiger partial charge in [-0.3, -0.25) is 14.6 Å². The van der Waals surface area contributed by atoms with Gasteiger partial charge in [-0.1, -0.05) is 35.9 Å². The smallest absolute Gasteiger partial charge is 0.255 e. The highest BCUT2D eigenvalue weighted by molar-refractivity contribution is 6.31. The summed E-state index contributed by atoms with van der Waals surface area (Å²) in [4.78, 5) is 34.6. The molecule has 2 aliphatic rings. The van der Waals surface area contributed by atoms with E-state index in [4.69, 9.17) is 11.6 Å². The summed E-state index contributed by atoms with van der Waals surface area (Å²) < 4.78 is 0. The molecular formula is C27H29ClN4O2. The Bertz CT molecular complexity index is 1250. The summed E-state index contributed by atoms with van der Waals surface area (Å²) in [6.45, 7) is 7.95. The summed E-state index contributed by atoms with van der Waals surface area (Å²) in [5.74, 6) is 0.981. The first-order valence-corrected chi connectivity index (χ1v) is 12.2. The van der Waals surface area contributed by atoms with Crippen molar-refractivity contribution in [3.63, 3.8) is 0 Å². The minimum absolute atomic E-state index is 0.00642. The standard InChI is InChI=1S/C27H29ClN4O2/c1-17-7-8-22(12-24(17)28)30-26(33)9-10-31-13-20-15-32(16-21(20)14-31)27(34)23-11-19-5-3-4-6-25(19)29-18(23)2/h3-8,11-12,20-21H,9-10,13-16H2,1-2H3,(H,30,33). The fourth-order valence-corrected chi connectivity index (χ4v) is 5.37. The third-order valence-corrected chi connectivity index (χ3v) is 7.51. The molecule has 34 heavy (non-hydrogen) atoms. The molecule has 0 radical (unpaired) electrons. The van der Waals surface area contributed by atoms with Crippen molar-refractivity contribution in [2.75, 3.05) is 38.0 Å². The van der Waals surface area contributed by atoms with Crippen LogP contribution in [0.5, 0.6) is 0 Å². The Labute approximate surface area is 204 Å². The number of rotatable bonds is 5. The molecule has 6 nitrogen and oxygen atoms in total. The van der Waals surface area contributed by atoms with E-state index in [1.54, 1.807) is 6.07 Å². The number of amides is 2. The molecule has 3 aromatic rings. The molecule has 2 aliphatic heterocycles. The van der Waals surface area contributed by atoms with Crippen molar-refractivity contribution in [3.05, 3.63) is 70.4 Å². The largest absolute Gasteiger partial charge is 0.338 e. The Kier molecular flexibility index (Phi) is 6.28. The number of hydrogen-bond acceptors (Lipinski definition) is 4. The lowest BCUT2D eigenvalue weighted by molar-refractivity contribution is -0.116. The van der Waals surface area contributed by atoms with Gasteiger partial charge in [-0.2, -0.15) is 0 Å². The number of para-hydroxylation sites is 1. The molecule has 2 atom stereocenters. The van der Waals surface area contributed by atoms with Gasteiger partial charge in [-0.05, 0) is 55.5 Å². The highest BCUT2D eigenvalue weighted by Crippen LogP contribution is 2.32. The lowest BCUT2D eigenvalue weighted by atomic mass is 10.0. The molecule has 0 bridgehead atoms. The topological polar surface area (TPSA) is 65.5 Å². The SMILES string of the molecule is Cc1ccc(NC(=O)CCN2CC3CN(C(=O)c4cc5ccccc5nc4C)CC3C2)cc1Cl. The van der Waals surface area contributed by atoms with Gasteiger partial charge < -0.3 is 15.1 Å². The van der Waals surface area contributed by atoms with Crippen molar-refractivity contribution >= 4 is 40.0 Å². The van der Waals surface area contributed by atoms with Crippen LogP contribution in [0.3, 0.4) is 0 Å². The second-order valence-corrected chi connectivity index (χ2v) is 9.97. The maximum atomic E-state index is 13.3. The van der Waals surface area contributed by atoms with E-state index < -0.39 is 0 Å². The zero-order valence-corrected chi connectivity index (χ0v) is 20.3. The lowest BCUT2D eigenvalue weighted by Gasteiger charge is -2.22. The number of aromatic nitrogens is 1. The number of nitrogens with one attached hydrogen (secondary N) is 1. The van der Waals surface area contributed by atoms with Crippen molar-refractivity contribution in [1.29, 1.82) is 0 Å². The quantitative estimate of drug-likeness (QED) is 0.587. The second kappa shape index (κ2) is 9.35. The van der Waals surface area contributed by atoms with Crippen LogP contribution >= 0.6 is 11.6 Å². The highest BCUT2D eigenvalue weighted by Gasteiger charge is 2.41. The molecule has 2 unspecified atom stereocenters. The molecule has 2 saturated heterocycles. The molecule has 2 aromatic carbocycles. The number of nitrogens with zero attached hydrogens (tertiary/aromatic N) is 3. The molecule has 2 fully saturated rings. The summed E-state index contributed by atoms with van der Waals surface area (Å²) in [5, 5.41) is 4.58. The number of fused-ring (bicyclic) bond motifs is 2. The minimum Gasteiger partial charge on any atom is -0.338 e. The Morgan fingerprint density at radius 1 is 1.03 bits per heavy atom. The van der Waals surface area contributed by atoms with E-state index in [0.29, 0.717) is 28.8 Å². The molecule has 3 heterocycles. The number of benzene rings is 2. The predicted octanol–water partition coefficient (Wildman–Crippen LogP) is 4.54. The van der Waals surface area contributed by atoms with Crippen molar-refractivity contribution in [2.24, 2.45) is 11.8 Å². The average molecular weight is 477 g/mol. The molecule has 176 valence electrons. The van der Waals surface area contributed by atoms with Crippen LogP contribution in [-0.2, 0) is 4.79 Å². The van der Waals surface area contributed by atoms with Gasteiger partial charge in [-0.15, -0.1) is 0 Å². The molecule has 2 amide bonds. The number of likely N-dealkylation sites (tertiary alicyclic amines) is 2. The van der Waals surface area contributed by atoms with Crippen molar-refractivity contribution in [2.45, 2.75) is 20.3 Å². The number of carbonyl (C=O) groups excluding carboxylic acids is 2. The van der Waals surface area contributed by atoms with E-state index in [2.05, 4.69) is 15.2 Å². The lowest BCUT2D eigenvalue weighted by Crippen LogP contribution is -2.34. The first-order valence-electron chi connectivity index (χ1n) is 11.8. The first-order chi connectivity index (χ1) is 16.4. The number of carbonyl (C=O) groups is 2. The minimum atomic E-state index is -0.00642. The third-order valence-electron chi connectivity index (χ3n) is 7.10. The summed E-state index contributed by atoms with van der Waals surface area (Å²) in [6.07, 6.45) is 0.440. The summed E-state index contributed by atoms with van der Waals surface area (Å²) in [5.41, 5.74) is 4.11. The zero-order chi connectivity index (χ0) is 23.8. The van der Waals surface area contributed by atoms with Crippen molar-refractivity contribution in [3.8, 4) is 0 Å². The predicted molar refractivity (Wildman–Crippen MR) is 135 cm³/mol. The normalized spacial score (nSPS) is 20.0. The van der Waals surface area contributed by atoms with Crippen molar-refractivity contribution < 1.29 is 9.59 Å². The van der Waals surface area contributed by atoms with Crippen LogP contribution in [0.25, 0.3) is 10.9 Å². The summed E-state index contributed by atoms with van der Waals surface area (Å²) in [6, 6.07) is 15.4. The van der Waals surface area contributed by atoms with Gasteiger partial charge in [0.25, 0.3) is 5.91 Å². The fraction of sp³-hybridized carbons (Fsp3) is 0.370. The Balaban J connectivity index is 1.14. The maximum absolute atomic E-state index is 13.3. The number of pyridine rings is 1. The maximum Gasteiger partial charge on any atom is 0.255 e. The molecule has 0 saturated carbocycles. The Hall–Kier alpha value is -2.96. The van der Waals surface area contributed by atoms with Gasteiger partial charge in [0.05, 0.1) is 16.8 Å². The molecule has 1 N–H and O–H groups in total. The Morgan fingerprint density at radius 3 is 2.50 bits per heavy atom. The van der Waals surface area contributed by atoms with Gasteiger partial charge in [0.15, 0.2) is 0 Å². The van der Waals surface area contributed by atoms with E-state index >= 15 is 0 Å². The number of hydrogen-bond donors (Lipinski definition) is 1. The highest BCUT2D eigenvalue weighted by atomic mass is 35.5. The Morgan fingerprint density at radius 2 is 1.76 bits per heavy atom. The first kappa shape index (κ1) is 22.8. The molecule has 0 spiro atoms. The molecular weight excluding hydrogens is 448 g/mol. The number of aryl methyl sites for hydroxylation is 2. The van der Waals surface area contributed by atoms with Crippen LogP contribution in [0.15, 0.2) is 48.5 Å². The van der Waals surface area contributed by atoms with E-state index in [0.717, 1.165) is 60.6 Å². The molecule has 7 heteroatoms. The fourth-order valence-electron chi connectivity index (χ4n) is 5.19. The van der Waals surface area contributed by atoms with Crippen molar-refractivity contribution in [1.82, 2.24) is 14.8 Å². The van der Waals surface area contributed by atoms with Gasteiger partial charge >= 0.3 is 0 Å². The van der Waals surface area contributed by atoms with Crippen LogP contribution < -0.4 is 5.32 Å². The molecule has 5 rings (SSSR count). The third kappa shape index (κ3) is 4.65. The van der Waals surface area contributed by atoms with Crippen LogP contribution in [0.4, 0.5) is 5.69 Å². The van der Waals surface area contributed by atoms with E-state index in [1.165, 1.54) is 0 Å². The van der Waals surface area contributed by atoms with Gasteiger partial charge in [0, 0.05) is 55.2 Å². The zero-order valence-electron chi connectivity index (χ0n) is 19.6. The molecule has 0 aliphatic carbocycles. The van der Waals surface area contributed by atoms with E-state index in [9.17, 15) is 9.59 Å². The van der Waals surface area contributed by atoms with Crippen LogP contribution in [-0.4, -0.2) is 59.3 Å². The van der Waals surface area contributed by atoms with Gasteiger partial charge in [-0.25, -0.2) is 0 Å². The van der Waals surface area contributed by atoms with Crippen LogP contribution in [0.1, 0.15) is 28.0 Å².